The van der Waals surface area contributed by atoms with Crippen LogP contribution in [-0.4, -0.2) is 16.2 Å². The molecule has 0 radical (unpaired) electrons. The van der Waals surface area contributed by atoms with E-state index in [4.69, 9.17) is 5.11 Å². The Balaban J connectivity index is 3.06. The summed E-state index contributed by atoms with van der Waals surface area (Å²) in [6.45, 7) is 1.56. The van der Waals surface area contributed by atoms with Crippen molar-refractivity contribution in [2.75, 3.05) is 0 Å². The molecule has 0 unspecified atom stereocenters. The number of rotatable bonds is 2. The minimum absolute atomic E-state index is 0.0604. The van der Waals surface area contributed by atoms with E-state index in [-0.39, 0.29) is 11.4 Å². The van der Waals surface area contributed by atoms with E-state index in [1.54, 1.807) is 6.92 Å². The molecule has 0 aliphatic rings. The van der Waals surface area contributed by atoms with Crippen molar-refractivity contribution in [1.29, 1.82) is 0 Å². The van der Waals surface area contributed by atoms with Crippen LogP contribution < -0.4 is 4.74 Å². The van der Waals surface area contributed by atoms with Gasteiger partial charge < -0.3 is 9.84 Å². The summed E-state index contributed by atoms with van der Waals surface area (Å²) >= 11 is 0. The SMILES string of the molecule is Cc1ccc(OC(=O)O)cc1[N+](=O)[O-]. The second kappa shape index (κ2) is 3.73. The van der Waals surface area contributed by atoms with Crippen molar-refractivity contribution >= 4 is 11.8 Å². The number of nitro groups is 1. The first-order valence-electron chi connectivity index (χ1n) is 3.66. The zero-order valence-electron chi connectivity index (χ0n) is 7.26. The van der Waals surface area contributed by atoms with Gasteiger partial charge in [0.15, 0.2) is 0 Å². The molecule has 6 nitrogen and oxygen atoms in total. The molecule has 0 heterocycles. The first kappa shape index (κ1) is 9.97. The maximum Gasteiger partial charge on any atom is 0.511 e. The Labute approximate surface area is 78.9 Å². The van der Waals surface area contributed by atoms with Crippen molar-refractivity contribution in [2.24, 2.45) is 0 Å². The van der Waals surface area contributed by atoms with Gasteiger partial charge in [0.1, 0.15) is 5.75 Å². The highest BCUT2D eigenvalue weighted by Crippen LogP contribution is 2.23. The third-order valence-corrected chi connectivity index (χ3v) is 1.58. The fraction of sp³-hybridized carbons (Fsp3) is 0.125. The standard InChI is InChI=1S/C8H7NO5/c1-5-2-3-6(14-8(10)11)4-7(5)9(12)13/h2-4H,1H3,(H,10,11). The Morgan fingerprint density at radius 3 is 2.71 bits per heavy atom. The predicted octanol–water partition coefficient (Wildman–Crippen LogP) is 1.96. The number of ether oxygens (including phenoxy) is 1. The summed E-state index contributed by atoms with van der Waals surface area (Å²) in [5.41, 5.74) is 0.288. The molecule has 74 valence electrons. The van der Waals surface area contributed by atoms with Crippen LogP contribution in [0.15, 0.2) is 18.2 Å². The monoisotopic (exact) mass is 197 g/mol. The van der Waals surface area contributed by atoms with Crippen LogP contribution in [0.4, 0.5) is 10.5 Å². The maximum atomic E-state index is 10.5. The Morgan fingerprint density at radius 1 is 1.57 bits per heavy atom. The van der Waals surface area contributed by atoms with Gasteiger partial charge >= 0.3 is 6.16 Å². The van der Waals surface area contributed by atoms with Crippen LogP contribution in [0.25, 0.3) is 0 Å². The minimum Gasteiger partial charge on any atom is -0.449 e. The van der Waals surface area contributed by atoms with E-state index in [0.717, 1.165) is 6.07 Å². The van der Waals surface area contributed by atoms with E-state index in [1.165, 1.54) is 12.1 Å². The van der Waals surface area contributed by atoms with Crippen molar-refractivity contribution in [2.45, 2.75) is 6.92 Å². The van der Waals surface area contributed by atoms with Gasteiger partial charge in [0.25, 0.3) is 5.69 Å². The third kappa shape index (κ3) is 2.19. The molecule has 1 aromatic carbocycles. The van der Waals surface area contributed by atoms with Crippen LogP contribution in [0.3, 0.4) is 0 Å². The lowest BCUT2D eigenvalue weighted by atomic mass is 10.2. The van der Waals surface area contributed by atoms with Crippen LogP contribution in [0.2, 0.25) is 0 Å². The number of hydrogen-bond acceptors (Lipinski definition) is 4. The molecule has 6 heteroatoms. The number of nitrogens with zero attached hydrogens (tertiary/aromatic N) is 1. The summed E-state index contributed by atoms with van der Waals surface area (Å²) in [5.74, 6) is -0.0604. The van der Waals surface area contributed by atoms with Crippen LogP contribution in [0.1, 0.15) is 5.56 Å². The number of aryl methyl sites for hydroxylation is 1. The summed E-state index contributed by atoms with van der Waals surface area (Å²) in [6, 6.07) is 3.86. The second-order valence-electron chi connectivity index (χ2n) is 2.57. The average molecular weight is 197 g/mol. The molecule has 0 saturated heterocycles. The molecule has 0 aliphatic carbocycles. The van der Waals surface area contributed by atoms with Crippen molar-refractivity contribution in [1.82, 2.24) is 0 Å². The lowest BCUT2D eigenvalue weighted by molar-refractivity contribution is -0.385. The molecular weight excluding hydrogens is 190 g/mol. The quantitative estimate of drug-likeness (QED) is 0.338. The van der Waals surface area contributed by atoms with Crippen molar-refractivity contribution in [3.8, 4) is 5.75 Å². The zero-order chi connectivity index (χ0) is 10.7. The first-order chi connectivity index (χ1) is 6.50. The van der Waals surface area contributed by atoms with E-state index in [1.807, 2.05) is 0 Å². The van der Waals surface area contributed by atoms with Crippen LogP contribution in [-0.2, 0) is 0 Å². The largest absolute Gasteiger partial charge is 0.511 e. The van der Waals surface area contributed by atoms with Crippen LogP contribution >= 0.6 is 0 Å². The second-order valence-corrected chi connectivity index (χ2v) is 2.57. The van der Waals surface area contributed by atoms with E-state index in [2.05, 4.69) is 4.74 Å². The smallest absolute Gasteiger partial charge is 0.449 e. The fourth-order valence-electron chi connectivity index (χ4n) is 0.950. The van der Waals surface area contributed by atoms with Gasteiger partial charge in [-0.2, -0.15) is 0 Å². The van der Waals surface area contributed by atoms with Gasteiger partial charge in [-0.1, -0.05) is 0 Å². The molecule has 0 atom stereocenters. The van der Waals surface area contributed by atoms with Gasteiger partial charge in [-0.05, 0) is 19.1 Å². The van der Waals surface area contributed by atoms with Gasteiger partial charge in [0.05, 0.1) is 11.0 Å². The minimum atomic E-state index is -1.50. The summed E-state index contributed by atoms with van der Waals surface area (Å²) in [5, 5.41) is 18.7. The third-order valence-electron chi connectivity index (χ3n) is 1.58. The van der Waals surface area contributed by atoms with E-state index >= 15 is 0 Å². The van der Waals surface area contributed by atoms with Gasteiger partial charge in [0.2, 0.25) is 0 Å². The van der Waals surface area contributed by atoms with Crippen LogP contribution in [0, 0.1) is 17.0 Å². The van der Waals surface area contributed by atoms with Gasteiger partial charge in [-0.25, -0.2) is 4.79 Å². The predicted molar refractivity (Wildman–Crippen MR) is 46.5 cm³/mol. The number of hydrogen-bond donors (Lipinski definition) is 1. The highest BCUT2D eigenvalue weighted by atomic mass is 16.7. The summed E-state index contributed by atoms with van der Waals surface area (Å²) in [6.07, 6.45) is -1.50. The van der Waals surface area contributed by atoms with Gasteiger partial charge in [0, 0.05) is 5.56 Å². The maximum absolute atomic E-state index is 10.5. The number of benzene rings is 1. The van der Waals surface area contributed by atoms with E-state index < -0.39 is 11.1 Å². The first-order valence-corrected chi connectivity index (χ1v) is 3.66. The van der Waals surface area contributed by atoms with Gasteiger partial charge in [-0.3, -0.25) is 10.1 Å². The molecule has 0 spiro atoms. The molecule has 0 saturated carbocycles. The van der Waals surface area contributed by atoms with Crippen LogP contribution in [0.5, 0.6) is 5.75 Å². The summed E-state index contributed by atoms with van der Waals surface area (Å²) in [7, 11) is 0. The summed E-state index contributed by atoms with van der Waals surface area (Å²) in [4.78, 5) is 20.0. The van der Waals surface area contributed by atoms with Crippen molar-refractivity contribution in [3.05, 3.63) is 33.9 Å². The Bertz CT molecular complexity index is 387. The highest BCUT2D eigenvalue weighted by Gasteiger charge is 2.12. The normalized spacial score (nSPS) is 9.50. The number of nitro benzene ring substituents is 1. The molecule has 1 rings (SSSR count). The molecule has 0 amide bonds. The Kier molecular flexibility index (Phi) is 2.66. The zero-order valence-corrected chi connectivity index (χ0v) is 7.26. The molecule has 0 fully saturated rings. The highest BCUT2D eigenvalue weighted by molar-refractivity contribution is 5.62. The molecular formula is C8H7NO5. The molecule has 1 N–H and O–H groups in total. The lowest BCUT2D eigenvalue weighted by Crippen LogP contribution is -2.03. The Hall–Kier alpha value is -2.11. The van der Waals surface area contributed by atoms with Gasteiger partial charge in [-0.15, -0.1) is 0 Å². The van der Waals surface area contributed by atoms with Crippen molar-refractivity contribution < 1.29 is 19.6 Å². The van der Waals surface area contributed by atoms with E-state index in [9.17, 15) is 14.9 Å². The summed E-state index contributed by atoms with van der Waals surface area (Å²) < 4.78 is 4.27. The lowest BCUT2D eigenvalue weighted by Gasteiger charge is -2.00. The molecule has 0 aliphatic heterocycles. The number of carboxylic acid groups (broad SMARTS) is 1. The molecule has 1 aromatic rings. The average Bonchev–Trinajstić information content (AvgIpc) is 2.07. The number of carbonyl (C=O) groups is 1. The molecule has 0 bridgehead atoms. The molecule has 0 aromatic heterocycles. The topological polar surface area (TPSA) is 89.7 Å². The Morgan fingerprint density at radius 2 is 2.21 bits per heavy atom. The van der Waals surface area contributed by atoms with Crippen molar-refractivity contribution in [3.63, 3.8) is 0 Å². The van der Waals surface area contributed by atoms with E-state index in [0.29, 0.717) is 5.56 Å². The fourth-order valence-corrected chi connectivity index (χ4v) is 0.950. The molecule has 14 heavy (non-hydrogen) atoms.